The summed E-state index contributed by atoms with van der Waals surface area (Å²) in [4.78, 5) is 9.97. The molecule has 0 heterocycles. The molecular formula is C10H9FO. The first-order valence-electron chi connectivity index (χ1n) is 3.62. The van der Waals surface area contributed by atoms with Crippen LogP contribution >= 0.6 is 0 Å². The summed E-state index contributed by atoms with van der Waals surface area (Å²) in [5.41, 5.74) is 1.03. The fourth-order valence-corrected chi connectivity index (χ4v) is 0.942. The lowest BCUT2D eigenvalue weighted by Gasteiger charge is -1.98. The van der Waals surface area contributed by atoms with E-state index in [2.05, 4.69) is 0 Å². The van der Waals surface area contributed by atoms with Crippen LogP contribution in [0.3, 0.4) is 0 Å². The van der Waals surface area contributed by atoms with Crippen LogP contribution in [0.4, 0.5) is 4.39 Å². The van der Waals surface area contributed by atoms with E-state index >= 15 is 0 Å². The van der Waals surface area contributed by atoms with Crippen molar-refractivity contribution in [3.05, 3.63) is 41.2 Å². The van der Waals surface area contributed by atoms with Crippen molar-refractivity contribution in [3.8, 4) is 0 Å². The molecule has 0 saturated heterocycles. The van der Waals surface area contributed by atoms with Crippen LogP contribution in [0.15, 0.2) is 24.3 Å². The Hall–Kier alpha value is -1.44. The van der Waals surface area contributed by atoms with E-state index in [1.807, 2.05) is 0 Å². The number of carbonyl (C=O) groups is 1. The van der Waals surface area contributed by atoms with Gasteiger partial charge in [-0.25, -0.2) is 4.39 Å². The average molecular weight is 164 g/mol. The summed E-state index contributed by atoms with van der Waals surface area (Å²) in [5.74, 6) is -0.268. The van der Waals surface area contributed by atoms with E-state index in [4.69, 9.17) is 0 Å². The van der Waals surface area contributed by atoms with Gasteiger partial charge in [-0.1, -0.05) is 18.2 Å². The maximum Gasteiger partial charge on any atom is 0.142 e. The predicted octanol–water partition coefficient (Wildman–Crippen LogP) is 2.35. The van der Waals surface area contributed by atoms with Crippen molar-refractivity contribution >= 4 is 12.4 Å². The van der Waals surface area contributed by atoms with E-state index in [0.29, 0.717) is 17.4 Å². The van der Waals surface area contributed by atoms with E-state index in [9.17, 15) is 9.18 Å². The second kappa shape index (κ2) is 3.81. The number of benzene rings is 1. The van der Waals surface area contributed by atoms with Crippen molar-refractivity contribution in [2.75, 3.05) is 0 Å². The summed E-state index contributed by atoms with van der Waals surface area (Å²) >= 11 is 0. The molecule has 12 heavy (non-hydrogen) atoms. The molecule has 0 aliphatic rings. The van der Waals surface area contributed by atoms with Crippen LogP contribution in [0.1, 0.15) is 11.1 Å². The molecule has 0 saturated carbocycles. The molecule has 0 fully saturated rings. The van der Waals surface area contributed by atoms with E-state index in [1.54, 1.807) is 25.1 Å². The number of halogens is 1. The van der Waals surface area contributed by atoms with Gasteiger partial charge in [-0.3, -0.25) is 4.79 Å². The molecule has 1 aromatic carbocycles. The molecule has 1 rings (SSSR count). The molecule has 0 aromatic heterocycles. The number of hydrogen-bond donors (Lipinski definition) is 0. The second-order valence-corrected chi connectivity index (χ2v) is 2.47. The molecule has 0 spiro atoms. The van der Waals surface area contributed by atoms with Crippen LogP contribution in [0.2, 0.25) is 0 Å². The van der Waals surface area contributed by atoms with Crippen LogP contribution in [-0.2, 0) is 4.79 Å². The zero-order valence-electron chi connectivity index (χ0n) is 6.75. The minimum absolute atomic E-state index is 0.268. The van der Waals surface area contributed by atoms with Crippen LogP contribution in [0.5, 0.6) is 0 Å². The molecule has 0 radical (unpaired) electrons. The van der Waals surface area contributed by atoms with Gasteiger partial charge in [0, 0.05) is 5.56 Å². The monoisotopic (exact) mass is 164 g/mol. The van der Waals surface area contributed by atoms with E-state index in [0.717, 1.165) is 0 Å². The summed E-state index contributed by atoms with van der Waals surface area (Å²) < 4.78 is 13.2. The SMILES string of the molecule is Cc1cccc(/C=C/C=O)c1F. The highest BCUT2D eigenvalue weighted by Gasteiger charge is 1.99. The molecule has 0 aliphatic heterocycles. The van der Waals surface area contributed by atoms with Crippen molar-refractivity contribution in [3.63, 3.8) is 0 Å². The minimum Gasteiger partial charge on any atom is -0.299 e. The lowest BCUT2D eigenvalue weighted by Crippen LogP contribution is -1.85. The highest BCUT2D eigenvalue weighted by atomic mass is 19.1. The molecule has 62 valence electrons. The maximum absolute atomic E-state index is 13.2. The number of carbonyl (C=O) groups excluding carboxylic acids is 1. The Morgan fingerprint density at radius 2 is 2.17 bits per heavy atom. The normalized spacial score (nSPS) is 10.5. The van der Waals surface area contributed by atoms with Gasteiger partial charge in [0.15, 0.2) is 0 Å². The number of rotatable bonds is 2. The predicted molar refractivity (Wildman–Crippen MR) is 46.2 cm³/mol. The molecular weight excluding hydrogens is 155 g/mol. The fraction of sp³-hybridized carbons (Fsp3) is 0.100. The highest BCUT2D eigenvalue weighted by Crippen LogP contribution is 2.12. The van der Waals surface area contributed by atoms with Gasteiger partial charge < -0.3 is 0 Å². The highest BCUT2D eigenvalue weighted by molar-refractivity contribution is 5.74. The fourth-order valence-electron chi connectivity index (χ4n) is 0.942. The van der Waals surface area contributed by atoms with E-state index in [-0.39, 0.29) is 5.82 Å². The van der Waals surface area contributed by atoms with Crippen molar-refractivity contribution in [1.29, 1.82) is 0 Å². The van der Waals surface area contributed by atoms with Gasteiger partial charge >= 0.3 is 0 Å². The molecule has 0 atom stereocenters. The zero-order valence-corrected chi connectivity index (χ0v) is 6.75. The summed E-state index contributed by atoms with van der Waals surface area (Å²) in [5, 5.41) is 0. The van der Waals surface area contributed by atoms with Crippen LogP contribution in [0, 0.1) is 12.7 Å². The van der Waals surface area contributed by atoms with Gasteiger partial charge in [-0.2, -0.15) is 0 Å². The molecule has 2 heteroatoms. The topological polar surface area (TPSA) is 17.1 Å². The smallest absolute Gasteiger partial charge is 0.142 e. The largest absolute Gasteiger partial charge is 0.299 e. The van der Waals surface area contributed by atoms with Crippen molar-refractivity contribution in [2.24, 2.45) is 0 Å². The third-order valence-electron chi connectivity index (χ3n) is 1.58. The van der Waals surface area contributed by atoms with Crippen LogP contribution in [0.25, 0.3) is 6.08 Å². The first-order chi connectivity index (χ1) is 5.75. The lowest BCUT2D eigenvalue weighted by molar-refractivity contribution is -0.104. The Morgan fingerprint density at radius 3 is 2.83 bits per heavy atom. The third kappa shape index (κ3) is 1.78. The van der Waals surface area contributed by atoms with E-state index in [1.165, 1.54) is 12.2 Å². The van der Waals surface area contributed by atoms with Crippen molar-refractivity contribution < 1.29 is 9.18 Å². The lowest BCUT2D eigenvalue weighted by atomic mass is 10.1. The summed E-state index contributed by atoms with van der Waals surface area (Å²) in [6.45, 7) is 1.69. The summed E-state index contributed by atoms with van der Waals surface area (Å²) in [6.07, 6.45) is 3.36. The second-order valence-electron chi connectivity index (χ2n) is 2.47. The average Bonchev–Trinajstić information content (AvgIpc) is 2.08. The molecule has 1 nitrogen and oxygen atoms in total. The first kappa shape index (κ1) is 8.65. The third-order valence-corrected chi connectivity index (χ3v) is 1.58. The zero-order chi connectivity index (χ0) is 8.97. The van der Waals surface area contributed by atoms with Crippen molar-refractivity contribution in [1.82, 2.24) is 0 Å². The number of aldehydes is 1. The van der Waals surface area contributed by atoms with Gasteiger partial charge in [-0.15, -0.1) is 0 Å². The maximum atomic E-state index is 13.2. The Kier molecular flexibility index (Phi) is 2.75. The van der Waals surface area contributed by atoms with Crippen LogP contribution in [-0.4, -0.2) is 6.29 Å². The Balaban J connectivity index is 3.07. The van der Waals surface area contributed by atoms with Gasteiger partial charge in [-0.05, 0) is 24.6 Å². The summed E-state index contributed by atoms with van der Waals surface area (Å²) in [7, 11) is 0. The Labute approximate surface area is 70.5 Å². The van der Waals surface area contributed by atoms with Gasteiger partial charge in [0.1, 0.15) is 12.1 Å². The van der Waals surface area contributed by atoms with E-state index < -0.39 is 0 Å². The van der Waals surface area contributed by atoms with Crippen LogP contribution < -0.4 is 0 Å². The van der Waals surface area contributed by atoms with Crippen molar-refractivity contribution in [2.45, 2.75) is 6.92 Å². The first-order valence-corrected chi connectivity index (χ1v) is 3.62. The Morgan fingerprint density at radius 1 is 1.42 bits per heavy atom. The molecule has 0 N–H and O–H groups in total. The quantitative estimate of drug-likeness (QED) is 0.484. The standard InChI is InChI=1S/C10H9FO/c1-8-4-2-5-9(10(8)11)6-3-7-12/h2-7H,1H3/b6-3+. The Bertz CT molecular complexity index is 316. The molecule has 0 unspecified atom stereocenters. The minimum atomic E-state index is -0.268. The van der Waals surface area contributed by atoms with Gasteiger partial charge in [0.25, 0.3) is 0 Å². The molecule has 0 amide bonds. The molecule has 0 bridgehead atoms. The molecule has 0 aliphatic carbocycles. The number of aryl methyl sites for hydroxylation is 1. The van der Waals surface area contributed by atoms with Gasteiger partial charge in [0.2, 0.25) is 0 Å². The molecule has 1 aromatic rings. The number of hydrogen-bond acceptors (Lipinski definition) is 1. The van der Waals surface area contributed by atoms with Gasteiger partial charge in [0.05, 0.1) is 0 Å². The summed E-state index contributed by atoms with van der Waals surface area (Å²) in [6, 6.07) is 5.07. The number of allylic oxidation sites excluding steroid dienone is 1.